The minimum absolute atomic E-state index is 0.309. The van der Waals surface area contributed by atoms with Crippen LogP contribution in [0.4, 0.5) is 10.5 Å². The topological polar surface area (TPSA) is 78.4 Å². The fourth-order valence-corrected chi connectivity index (χ4v) is 3.37. The number of imidazole rings is 1. The summed E-state index contributed by atoms with van der Waals surface area (Å²) in [4.78, 5) is 20.3. The van der Waals surface area contributed by atoms with E-state index in [4.69, 9.17) is 4.74 Å². The number of para-hydroxylation sites is 1. The molecule has 1 amide bonds. The number of rotatable bonds is 8. The maximum Gasteiger partial charge on any atom is 0.412 e. The van der Waals surface area contributed by atoms with Gasteiger partial charge in [0, 0.05) is 17.7 Å². The highest BCUT2D eigenvalue weighted by atomic mass is 16.5. The van der Waals surface area contributed by atoms with E-state index in [-0.39, 0.29) is 0 Å². The van der Waals surface area contributed by atoms with Crippen molar-refractivity contribution in [3.8, 4) is 17.0 Å². The minimum Gasteiger partial charge on any atom is -0.493 e. The van der Waals surface area contributed by atoms with Gasteiger partial charge in [0.15, 0.2) is 0 Å². The molecule has 156 valence electrons. The van der Waals surface area contributed by atoms with E-state index in [1.165, 1.54) is 4.90 Å². The number of nitrogens with one attached hydrogen (secondary N) is 1. The second kappa shape index (κ2) is 9.63. The third kappa shape index (κ3) is 5.11. The Balaban J connectivity index is 1.38. The molecule has 0 unspecified atom stereocenters. The van der Waals surface area contributed by atoms with Crippen LogP contribution < -0.4 is 9.64 Å². The van der Waals surface area contributed by atoms with Gasteiger partial charge < -0.3 is 14.8 Å². The Morgan fingerprint density at radius 1 is 0.935 bits per heavy atom. The van der Waals surface area contributed by atoms with Crippen LogP contribution in [-0.2, 0) is 13.0 Å². The van der Waals surface area contributed by atoms with Crippen LogP contribution in [0.1, 0.15) is 11.1 Å². The average Bonchev–Trinajstić information content (AvgIpc) is 3.34. The number of ether oxygens (including phenoxy) is 1. The predicted octanol–water partition coefficient (Wildman–Crippen LogP) is 5.38. The highest BCUT2D eigenvalue weighted by Crippen LogP contribution is 2.28. The van der Waals surface area contributed by atoms with Crippen molar-refractivity contribution < 1.29 is 14.6 Å². The third-order valence-corrected chi connectivity index (χ3v) is 4.99. The van der Waals surface area contributed by atoms with Crippen LogP contribution in [0.15, 0.2) is 91.4 Å². The number of H-pyrrole nitrogens is 1. The molecule has 0 aliphatic rings. The first kappa shape index (κ1) is 20.2. The number of anilines is 1. The van der Waals surface area contributed by atoms with Gasteiger partial charge in [-0.05, 0) is 35.4 Å². The van der Waals surface area contributed by atoms with Gasteiger partial charge in [0.05, 0.1) is 31.4 Å². The normalized spacial score (nSPS) is 10.6. The molecule has 0 saturated carbocycles. The van der Waals surface area contributed by atoms with E-state index >= 15 is 0 Å². The Morgan fingerprint density at radius 3 is 2.39 bits per heavy atom. The van der Waals surface area contributed by atoms with Crippen LogP contribution in [-0.4, -0.2) is 27.8 Å². The molecule has 0 aliphatic heterocycles. The number of benzene rings is 3. The van der Waals surface area contributed by atoms with Crippen molar-refractivity contribution >= 4 is 11.8 Å². The Labute approximate surface area is 180 Å². The highest BCUT2D eigenvalue weighted by molar-refractivity contribution is 5.85. The summed E-state index contributed by atoms with van der Waals surface area (Å²) in [5.41, 5.74) is 4.54. The molecule has 3 aromatic carbocycles. The largest absolute Gasteiger partial charge is 0.493 e. The third-order valence-electron chi connectivity index (χ3n) is 4.99. The molecule has 0 bridgehead atoms. The molecular formula is C25H23N3O3. The van der Waals surface area contributed by atoms with Crippen molar-refractivity contribution in [1.82, 2.24) is 9.97 Å². The number of hydrogen-bond acceptors (Lipinski definition) is 3. The summed E-state index contributed by atoms with van der Waals surface area (Å²) in [6, 6.07) is 25.0. The summed E-state index contributed by atoms with van der Waals surface area (Å²) in [6.07, 6.45) is 3.15. The Hall–Kier alpha value is -4.06. The maximum atomic E-state index is 11.7. The Bertz CT molecular complexity index is 1110. The van der Waals surface area contributed by atoms with Crippen molar-refractivity contribution in [2.75, 3.05) is 11.5 Å². The van der Waals surface area contributed by atoms with E-state index in [9.17, 15) is 9.90 Å². The molecule has 0 radical (unpaired) electrons. The molecule has 31 heavy (non-hydrogen) atoms. The first-order chi connectivity index (χ1) is 15.2. The lowest BCUT2D eigenvalue weighted by molar-refractivity contribution is 0.201. The lowest BCUT2D eigenvalue weighted by Gasteiger charge is -2.20. The van der Waals surface area contributed by atoms with Crippen molar-refractivity contribution in [3.63, 3.8) is 0 Å². The Morgan fingerprint density at radius 2 is 1.68 bits per heavy atom. The molecule has 4 rings (SSSR count). The summed E-state index contributed by atoms with van der Waals surface area (Å²) in [7, 11) is 0. The number of hydrogen-bond donors (Lipinski definition) is 2. The second-order valence-electron chi connectivity index (χ2n) is 7.08. The van der Waals surface area contributed by atoms with Gasteiger partial charge in [0.25, 0.3) is 0 Å². The van der Waals surface area contributed by atoms with E-state index in [0.29, 0.717) is 25.3 Å². The SMILES string of the molecule is O=C(O)N(Cc1ccccc1)c1ccc(CCOc2ccccc2-c2cnc[nH]2)cc1. The van der Waals surface area contributed by atoms with Gasteiger partial charge in [-0.3, -0.25) is 4.90 Å². The summed E-state index contributed by atoms with van der Waals surface area (Å²) >= 11 is 0. The molecule has 1 aromatic heterocycles. The van der Waals surface area contributed by atoms with Crippen molar-refractivity contribution in [3.05, 3.63) is 103 Å². The molecule has 0 aliphatic carbocycles. The van der Waals surface area contributed by atoms with Crippen LogP contribution in [0.3, 0.4) is 0 Å². The molecular weight excluding hydrogens is 390 g/mol. The van der Waals surface area contributed by atoms with E-state index in [2.05, 4.69) is 9.97 Å². The second-order valence-corrected chi connectivity index (χ2v) is 7.08. The van der Waals surface area contributed by atoms with Crippen molar-refractivity contribution in [2.24, 2.45) is 0 Å². The molecule has 0 spiro atoms. The van der Waals surface area contributed by atoms with Crippen LogP contribution in [0, 0.1) is 0 Å². The van der Waals surface area contributed by atoms with Gasteiger partial charge in [-0.1, -0.05) is 54.6 Å². The van der Waals surface area contributed by atoms with E-state index < -0.39 is 6.09 Å². The van der Waals surface area contributed by atoms with Gasteiger partial charge in [0.1, 0.15) is 5.75 Å². The van der Waals surface area contributed by atoms with Gasteiger partial charge in [-0.15, -0.1) is 0 Å². The minimum atomic E-state index is -0.977. The number of aromatic nitrogens is 2. The molecule has 0 fully saturated rings. The lowest BCUT2D eigenvalue weighted by Crippen LogP contribution is -2.28. The van der Waals surface area contributed by atoms with E-state index in [1.54, 1.807) is 12.5 Å². The number of nitrogens with zero attached hydrogens (tertiary/aromatic N) is 2. The summed E-state index contributed by atoms with van der Waals surface area (Å²) in [5, 5.41) is 9.63. The first-order valence-electron chi connectivity index (χ1n) is 10.0. The molecule has 6 nitrogen and oxygen atoms in total. The number of carboxylic acid groups (broad SMARTS) is 1. The van der Waals surface area contributed by atoms with Gasteiger partial charge in [-0.25, -0.2) is 9.78 Å². The molecule has 0 saturated heterocycles. The van der Waals surface area contributed by atoms with Crippen LogP contribution in [0.5, 0.6) is 5.75 Å². The van der Waals surface area contributed by atoms with Gasteiger partial charge in [-0.2, -0.15) is 0 Å². The smallest absolute Gasteiger partial charge is 0.412 e. The first-order valence-corrected chi connectivity index (χ1v) is 10.0. The van der Waals surface area contributed by atoms with Crippen LogP contribution >= 0.6 is 0 Å². The quantitative estimate of drug-likeness (QED) is 0.406. The zero-order chi connectivity index (χ0) is 21.5. The van der Waals surface area contributed by atoms with E-state index in [1.807, 2.05) is 78.9 Å². The molecule has 1 heterocycles. The summed E-state index contributed by atoms with van der Waals surface area (Å²) in [5.74, 6) is 0.795. The van der Waals surface area contributed by atoms with Gasteiger partial charge in [0.2, 0.25) is 0 Å². The van der Waals surface area contributed by atoms with Crippen LogP contribution in [0.2, 0.25) is 0 Å². The van der Waals surface area contributed by atoms with E-state index in [0.717, 1.165) is 28.1 Å². The van der Waals surface area contributed by atoms with Crippen molar-refractivity contribution in [2.45, 2.75) is 13.0 Å². The summed E-state index contributed by atoms with van der Waals surface area (Å²) < 4.78 is 6.01. The lowest BCUT2D eigenvalue weighted by atomic mass is 10.1. The standard InChI is InChI=1S/C25H23N3O3/c29-25(30)28(17-20-6-2-1-3-7-20)21-12-10-19(11-13-21)14-15-31-24-9-5-4-8-22(24)23-16-26-18-27-23/h1-13,16,18H,14-15,17H2,(H,26,27)(H,29,30). The number of amides is 1. The monoisotopic (exact) mass is 413 g/mol. The fourth-order valence-electron chi connectivity index (χ4n) is 3.37. The zero-order valence-electron chi connectivity index (χ0n) is 16.9. The summed E-state index contributed by atoms with van der Waals surface area (Å²) in [6.45, 7) is 0.820. The predicted molar refractivity (Wildman–Crippen MR) is 120 cm³/mol. The fraction of sp³-hybridized carbons (Fsp3) is 0.120. The van der Waals surface area contributed by atoms with Gasteiger partial charge >= 0.3 is 6.09 Å². The Kier molecular flexibility index (Phi) is 6.28. The molecule has 0 atom stereocenters. The molecule has 6 heteroatoms. The van der Waals surface area contributed by atoms with Crippen LogP contribution in [0.25, 0.3) is 11.3 Å². The maximum absolute atomic E-state index is 11.7. The zero-order valence-corrected chi connectivity index (χ0v) is 16.9. The van der Waals surface area contributed by atoms with Crippen molar-refractivity contribution in [1.29, 1.82) is 0 Å². The molecule has 2 N–H and O–H groups in total. The number of aromatic amines is 1. The number of carbonyl (C=O) groups is 1. The average molecular weight is 413 g/mol. The highest BCUT2D eigenvalue weighted by Gasteiger charge is 2.15. The molecule has 4 aromatic rings.